The number of benzene rings is 1. The van der Waals surface area contributed by atoms with Crippen LogP contribution in [0.1, 0.15) is 28.8 Å². The number of carbonyl (C=O) groups excluding carboxylic acids is 1. The van der Waals surface area contributed by atoms with Crippen molar-refractivity contribution in [2.24, 2.45) is 5.41 Å². The summed E-state index contributed by atoms with van der Waals surface area (Å²) in [7, 11) is 0. The van der Waals surface area contributed by atoms with Crippen LogP contribution in [0.25, 0.3) is 0 Å². The van der Waals surface area contributed by atoms with Gasteiger partial charge in [0.15, 0.2) is 5.78 Å². The normalized spacial score (nSPS) is 22.1. The molecule has 1 saturated carbocycles. The lowest BCUT2D eigenvalue weighted by atomic mass is 10.0. The van der Waals surface area contributed by atoms with Gasteiger partial charge in [-0.05, 0) is 37.0 Å². The second-order valence-electron chi connectivity index (χ2n) is 4.09. The van der Waals surface area contributed by atoms with Crippen LogP contribution in [-0.2, 0) is 6.42 Å². The van der Waals surface area contributed by atoms with Crippen LogP contribution in [0.5, 0.6) is 0 Å². The third-order valence-electron chi connectivity index (χ3n) is 3.18. The van der Waals surface area contributed by atoms with Crippen molar-refractivity contribution >= 4 is 17.4 Å². The van der Waals surface area contributed by atoms with E-state index < -0.39 is 0 Å². The summed E-state index contributed by atoms with van der Waals surface area (Å²) in [6, 6.07) is 5.67. The van der Waals surface area contributed by atoms with E-state index in [0.717, 1.165) is 24.8 Å². The average Bonchev–Trinajstić information content (AvgIpc) is 2.83. The fourth-order valence-electron chi connectivity index (χ4n) is 2.20. The van der Waals surface area contributed by atoms with Gasteiger partial charge in [-0.2, -0.15) is 0 Å². The zero-order chi connectivity index (χ0) is 9.05. The number of fused-ring (bicyclic) bond motifs is 1. The van der Waals surface area contributed by atoms with Gasteiger partial charge in [-0.25, -0.2) is 0 Å². The van der Waals surface area contributed by atoms with Gasteiger partial charge in [-0.3, -0.25) is 4.79 Å². The molecule has 1 nitrogen and oxygen atoms in total. The van der Waals surface area contributed by atoms with E-state index in [0.29, 0.717) is 10.8 Å². The number of hydrogen-bond donors (Lipinski definition) is 0. The topological polar surface area (TPSA) is 17.1 Å². The molecule has 0 bridgehead atoms. The molecule has 2 heteroatoms. The summed E-state index contributed by atoms with van der Waals surface area (Å²) in [6.07, 6.45) is 3.08. The van der Waals surface area contributed by atoms with E-state index in [4.69, 9.17) is 11.6 Å². The highest BCUT2D eigenvalue weighted by Crippen LogP contribution is 2.55. The van der Waals surface area contributed by atoms with Gasteiger partial charge in [-0.15, -0.1) is 0 Å². The average molecular weight is 193 g/mol. The van der Waals surface area contributed by atoms with Crippen molar-refractivity contribution in [3.63, 3.8) is 0 Å². The molecule has 0 aliphatic heterocycles. The van der Waals surface area contributed by atoms with E-state index >= 15 is 0 Å². The van der Waals surface area contributed by atoms with E-state index in [1.54, 1.807) is 0 Å². The Kier molecular flexibility index (Phi) is 1.26. The summed E-state index contributed by atoms with van der Waals surface area (Å²) in [4.78, 5) is 11.9. The summed E-state index contributed by atoms with van der Waals surface area (Å²) in [5.74, 6) is 0.324. The molecule has 3 rings (SSSR count). The van der Waals surface area contributed by atoms with Gasteiger partial charge in [-0.1, -0.05) is 17.7 Å². The van der Waals surface area contributed by atoms with Crippen LogP contribution in [0.3, 0.4) is 0 Å². The monoisotopic (exact) mass is 192 g/mol. The Morgan fingerprint density at radius 1 is 1.31 bits per heavy atom. The Morgan fingerprint density at radius 3 is 2.77 bits per heavy atom. The van der Waals surface area contributed by atoms with E-state index in [1.165, 1.54) is 5.56 Å². The van der Waals surface area contributed by atoms with Gasteiger partial charge in [0.05, 0.1) is 0 Å². The van der Waals surface area contributed by atoms with Crippen LogP contribution < -0.4 is 0 Å². The summed E-state index contributed by atoms with van der Waals surface area (Å²) in [5.41, 5.74) is 2.06. The number of carbonyl (C=O) groups is 1. The molecule has 2 aliphatic carbocycles. The standard InChI is InChI=1S/C11H9ClO/c12-8-2-1-7-6-11(3-4-11)10(13)9(7)5-8/h1-2,5H,3-4,6H2. The van der Waals surface area contributed by atoms with Crippen LogP contribution in [-0.4, -0.2) is 5.78 Å². The molecule has 0 saturated heterocycles. The molecule has 0 N–H and O–H groups in total. The molecule has 0 aromatic heterocycles. The van der Waals surface area contributed by atoms with Crippen molar-refractivity contribution in [1.29, 1.82) is 0 Å². The largest absolute Gasteiger partial charge is 0.294 e. The molecule has 1 aromatic rings. The Balaban J connectivity index is 2.18. The Labute approximate surface area is 81.7 Å². The molecule has 13 heavy (non-hydrogen) atoms. The van der Waals surface area contributed by atoms with E-state index in [9.17, 15) is 4.79 Å². The summed E-state index contributed by atoms with van der Waals surface area (Å²) < 4.78 is 0. The lowest BCUT2D eigenvalue weighted by Crippen LogP contribution is -2.08. The molecule has 0 radical (unpaired) electrons. The first-order valence-corrected chi connectivity index (χ1v) is 4.92. The number of ketones is 1. The molecule has 0 amide bonds. The fraction of sp³-hybridized carbons (Fsp3) is 0.364. The minimum Gasteiger partial charge on any atom is -0.294 e. The van der Waals surface area contributed by atoms with Crippen LogP contribution >= 0.6 is 11.6 Å². The van der Waals surface area contributed by atoms with Crippen molar-refractivity contribution in [3.05, 3.63) is 34.3 Å². The van der Waals surface area contributed by atoms with Gasteiger partial charge >= 0.3 is 0 Å². The lowest BCUT2D eigenvalue weighted by Gasteiger charge is -1.98. The van der Waals surface area contributed by atoms with E-state index in [-0.39, 0.29) is 5.41 Å². The number of rotatable bonds is 0. The maximum absolute atomic E-state index is 11.9. The predicted molar refractivity (Wildman–Crippen MR) is 51.2 cm³/mol. The fourth-order valence-corrected chi connectivity index (χ4v) is 2.37. The number of halogens is 1. The minimum absolute atomic E-state index is 0.00696. The van der Waals surface area contributed by atoms with Gasteiger partial charge < -0.3 is 0 Å². The first kappa shape index (κ1) is 7.57. The summed E-state index contributed by atoms with van der Waals surface area (Å²) >= 11 is 5.85. The first-order valence-electron chi connectivity index (χ1n) is 4.55. The van der Waals surface area contributed by atoms with Crippen molar-refractivity contribution in [3.8, 4) is 0 Å². The van der Waals surface area contributed by atoms with Crippen molar-refractivity contribution in [2.75, 3.05) is 0 Å². The molecule has 0 heterocycles. The SMILES string of the molecule is O=C1c2cc(Cl)ccc2CC12CC2. The van der Waals surface area contributed by atoms with Crippen LogP contribution in [0.4, 0.5) is 0 Å². The summed E-state index contributed by atoms with van der Waals surface area (Å²) in [5, 5.41) is 0.671. The van der Waals surface area contributed by atoms with Gasteiger partial charge in [0, 0.05) is 16.0 Å². The highest BCUT2D eigenvalue weighted by atomic mass is 35.5. The maximum Gasteiger partial charge on any atom is 0.169 e. The molecular weight excluding hydrogens is 184 g/mol. The molecule has 66 valence electrons. The highest BCUT2D eigenvalue weighted by molar-refractivity contribution is 6.31. The maximum atomic E-state index is 11.9. The Hall–Kier alpha value is -0.820. The van der Waals surface area contributed by atoms with Crippen molar-refractivity contribution in [1.82, 2.24) is 0 Å². The highest BCUT2D eigenvalue weighted by Gasteiger charge is 2.54. The zero-order valence-electron chi connectivity index (χ0n) is 7.14. The third kappa shape index (κ3) is 0.910. The first-order chi connectivity index (χ1) is 6.21. The van der Waals surface area contributed by atoms with Crippen molar-refractivity contribution < 1.29 is 4.79 Å². The molecule has 1 fully saturated rings. The zero-order valence-corrected chi connectivity index (χ0v) is 7.90. The Morgan fingerprint density at radius 2 is 2.08 bits per heavy atom. The minimum atomic E-state index is 0.00696. The second-order valence-corrected chi connectivity index (χ2v) is 4.52. The lowest BCUT2D eigenvalue weighted by molar-refractivity contribution is 0.0919. The van der Waals surface area contributed by atoms with Crippen molar-refractivity contribution in [2.45, 2.75) is 19.3 Å². The molecule has 1 aromatic carbocycles. The van der Waals surface area contributed by atoms with Gasteiger partial charge in [0.2, 0.25) is 0 Å². The van der Waals surface area contributed by atoms with Gasteiger partial charge in [0.1, 0.15) is 0 Å². The van der Waals surface area contributed by atoms with E-state index in [1.807, 2.05) is 18.2 Å². The quantitative estimate of drug-likeness (QED) is 0.618. The van der Waals surface area contributed by atoms with Crippen LogP contribution in [0.15, 0.2) is 18.2 Å². The number of Topliss-reactive ketones (excluding diaryl/α,β-unsaturated/α-hetero) is 1. The van der Waals surface area contributed by atoms with Crippen LogP contribution in [0, 0.1) is 5.41 Å². The molecule has 2 aliphatic rings. The van der Waals surface area contributed by atoms with Crippen LogP contribution in [0.2, 0.25) is 5.02 Å². The smallest absolute Gasteiger partial charge is 0.169 e. The molecular formula is C11H9ClO. The summed E-state index contributed by atoms with van der Waals surface area (Å²) in [6.45, 7) is 0. The third-order valence-corrected chi connectivity index (χ3v) is 3.42. The molecule has 1 spiro atoms. The molecule has 0 atom stereocenters. The number of hydrogen-bond acceptors (Lipinski definition) is 1. The second kappa shape index (κ2) is 2.16. The predicted octanol–water partition coefficient (Wildman–Crippen LogP) is 2.86. The van der Waals surface area contributed by atoms with Gasteiger partial charge in [0.25, 0.3) is 0 Å². The Bertz CT molecular complexity index is 405. The molecule has 0 unspecified atom stereocenters. The van der Waals surface area contributed by atoms with E-state index in [2.05, 4.69) is 0 Å².